The van der Waals surface area contributed by atoms with Gasteiger partial charge >= 0.3 is 0 Å². The summed E-state index contributed by atoms with van der Waals surface area (Å²) in [6.07, 6.45) is 1.50. The quantitative estimate of drug-likeness (QED) is 0.522. The molecule has 0 atom stereocenters. The van der Waals surface area contributed by atoms with Crippen LogP contribution in [-0.2, 0) is 27.7 Å². The van der Waals surface area contributed by atoms with Gasteiger partial charge in [-0.2, -0.15) is 0 Å². The molecule has 0 radical (unpaired) electrons. The first-order chi connectivity index (χ1) is 2.83. The molecule has 0 saturated carbocycles. The van der Waals surface area contributed by atoms with Gasteiger partial charge in [0.15, 0.2) is 0 Å². The first-order valence-electron chi connectivity index (χ1n) is 1.33. The molecule has 2 N–H and O–H groups in total. The number of hydrogen-bond donors (Lipinski definition) is 2. The maximum atomic E-state index is 7.33. The molecule has 7 heavy (non-hydrogen) atoms. The van der Waals surface area contributed by atoms with Crippen molar-refractivity contribution in [2.24, 2.45) is 0 Å². The van der Waals surface area contributed by atoms with E-state index in [0.717, 1.165) is 12.5 Å². The van der Waals surface area contributed by atoms with Gasteiger partial charge in [0.1, 0.15) is 0 Å². The van der Waals surface area contributed by atoms with Crippen molar-refractivity contribution in [3.63, 3.8) is 0 Å². The number of aliphatic hydroxyl groups excluding tert-OH is 2. The van der Waals surface area contributed by atoms with Gasteiger partial charge in [-0.15, -0.1) is 0 Å². The Morgan fingerprint density at radius 1 is 1.00 bits per heavy atom. The van der Waals surface area contributed by atoms with E-state index < -0.39 is 0 Å². The van der Waals surface area contributed by atoms with E-state index in [-0.39, 0.29) is 27.7 Å². The zero-order valence-corrected chi connectivity index (χ0v) is 9.67. The minimum Gasteiger partial charge on any atom is -0.516 e. The molecule has 0 amide bonds. The van der Waals surface area contributed by atoms with Crippen LogP contribution >= 0.6 is 0 Å². The molecule has 0 aliphatic heterocycles. The predicted molar refractivity (Wildman–Crippen MR) is 25.7 cm³/mol. The third-order valence-electron chi connectivity index (χ3n) is 0. The van der Waals surface area contributed by atoms with Gasteiger partial charge in [-0.3, -0.25) is 0 Å². The van der Waals surface area contributed by atoms with Gasteiger partial charge < -0.3 is 10.2 Å². The minimum absolute atomic E-state index is 0. The van der Waals surface area contributed by atoms with Gasteiger partial charge in [-0.1, -0.05) is 13.2 Å². The first-order valence-corrected chi connectivity index (χ1v) is 1.33. The largest absolute Gasteiger partial charge is 0.516 e. The normalized spacial score (nSPS) is 3.43. The van der Waals surface area contributed by atoms with Crippen molar-refractivity contribution in [3.8, 4) is 0 Å². The molecule has 0 unspecified atom stereocenters. The van der Waals surface area contributed by atoms with E-state index in [1.807, 2.05) is 0 Å². The van der Waals surface area contributed by atoms with Gasteiger partial charge in [-0.25, -0.2) is 0 Å². The summed E-state index contributed by atoms with van der Waals surface area (Å²) in [5.74, 6) is 0. The molecule has 0 aliphatic carbocycles. The van der Waals surface area contributed by atoms with Gasteiger partial charge in [0.05, 0.1) is 12.5 Å². The predicted octanol–water partition coefficient (Wildman–Crippen LogP) is 1.37. The van der Waals surface area contributed by atoms with Crippen LogP contribution < -0.4 is 0 Å². The standard InChI is InChI=1S/2C2H4O.Hg/c2*1-2-3;/h2*2-3H,1H2;. The average Bonchev–Trinajstić information content (AvgIpc) is 1.39. The molecule has 0 bridgehead atoms. The molecule has 0 aromatic carbocycles. The summed E-state index contributed by atoms with van der Waals surface area (Å²) in [6.45, 7) is 5.83. The Bertz CT molecular complexity index is 30.7. The van der Waals surface area contributed by atoms with Gasteiger partial charge in [0.25, 0.3) is 0 Å². The summed E-state index contributed by atoms with van der Waals surface area (Å²) in [4.78, 5) is 0. The van der Waals surface area contributed by atoms with Crippen molar-refractivity contribution < 1.29 is 37.9 Å². The third kappa shape index (κ3) is 427000. The van der Waals surface area contributed by atoms with E-state index in [2.05, 4.69) is 13.2 Å². The summed E-state index contributed by atoms with van der Waals surface area (Å²) < 4.78 is 0. The summed E-state index contributed by atoms with van der Waals surface area (Å²) >= 11 is 0. The number of aliphatic hydroxyl groups is 2. The van der Waals surface area contributed by atoms with Crippen LogP contribution in [0.1, 0.15) is 0 Å². The van der Waals surface area contributed by atoms with Crippen molar-refractivity contribution in [1.29, 1.82) is 0 Å². The Hall–Kier alpha value is 0.0151. The van der Waals surface area contributed by atoms with Gasteiger partial charge in [0.2, 0.25) is 0 Å². The Labute approximate surface area is 63.7 Å². The molecule has 0 heterocycles. The van der Waals surface area contributed by atoms with E-state index in [1.54, 1.807) is 0 Å². The molecule has 0 aliphatic rings. The maximum absolute atomic E-state index is 7.33. The van der Waals surface area contributed by atoms with E-state index in [0.29, 0.717) is 0 Å². The van der Waals surface area contributed by atoms with Crippen LogP contribution in [0.3, 0.4) is 0 Å². The fourth-order valence-electron chi connectivity index (χ4n) is 0. The second-order valence-electron chi connectivity index (χ2n) is 0.365. The number of rotatable bonds is 0. The van der Waals surface area contributed by atoms with E-state index >= 15 is 0 Å². The second kappa shape index (κ2) is 37.3. The Morgan fingerprint density at radius 3 is 1.00 bits per heavy atom. The van der Waals surface area contributed by atoms with Crippen molar-refractivity contribution in [1.82, 2.24) is 0 Å². The molecule has 0 spiro atoms. The van der Waals surface area contributed by atoms with Crippen LogP contribution in [0.15, 0.2) is 25.7 Å². The van der Waals surface area contributed by atoms with Crippen molar-refractivity contribution in [2.45, 2.75) is 0 Å². The topological polar surface area (TPSA) is 40.5 Å². The van der Waals surface area contributed by atoms with Crippen molar-refractivity contribution in [3.05, 3.63) is 25.7 Å². The van der Waals surface area contributed by atoms with Crippen molar-refractivity contribution in [2.75, 3.05) is 0 Å². The molecule has 0 fully saturated rings. The smallest absolute Gasteiger partial charge is 0.0719 e. The molecule has 0 aromatic heterocycles. The maximum Gasteiger partial charge on any atom is 0.0719 e. The molecule has 0 saturated heterocycles. The number of hydrogen-bond acceptors (Lipinski definition) is 2. The summed E-state index contributed by atoms with van der Waals surface area (Å²) in [5, 5.41) is 14.7. The third-order valence-corrected chi connectivity index (χ3v) is 0. The Morgan fingerprint density at radius 2 is 1.00 bits per heavy atom. The zero-order valence-electron chi connectivity index (χ0n) is 4.17. The van der Waals surface area contributed by atoms with E-state index in [9.17, 15) is 0 Å². The molecule has 38 valence electrons. The van der Waals surface area contributed by atoms with Gasteiger partial charge in [-0.05, 0) is 0 Å². The van der Waals surface area contributed by atoms with E-state index in [1.165, 1.54) is 0 Å². The summed E-state index contributed by atoms with van der Waals surface area (Å²) in [7, 11) is 0. The molecule has 3 heteroatoms. The Balaban J connectivity index is -0.0000000400. The monoisotopic (exact) mass is 290 g/mol. The first kappa shape index (κ1) is 15.7. The molecule has 0 aromatic rings. The van der Waals surface area contributed by atoms with E-state index in [4.69, 9.17) is 10.2 Å². The van der Waals surface area contributed by atoms with Crippen LogP contribution in [0.25, 0.3) is 0 Å². The van der Waals surface area contributed by atoms with Gasteiger partial charge in [0, 0.05) is 27.7 Å². The van der Waals surface area contributed by atoms with Crippen LogP contribution in [0.4, 0.5) is 0 Å². The molecule has 0 rings (SSSR count). The summed E-state index contributed by atoms with van der Waals surface area (Å²) in [5.41, 5.74) is 0. The second-order valence-corrected chi connectivity index (χ2v) is 0.365. The van der Waals surface area contributed by atoms with Crippen LogP contribution in [0, 0.1) is 0 Å². The Kier molecular flexibility index (Phi) is 83.8. The minimum atomic E-state index is 0. The SMILES string of the molecule is C=CO.C=CO.[Hg]. The average molecular weight is 289 g/mol. The fourth-order valence-corrected chi connectivity index (χ4v) is 0. The molecule has 2 nitrogen and oxygen atoms in total. The fraction of sp³-hybridized carbons (Fsp3) is 0. The van der Waals surface area contributed by atoms with Crippen LogP contribution in [0.5, 0.6) is 0 Å². The van der Waals surface area contributed by atoms with Crippen LogP contribution in [0.2, 0.25) is 0 Å². The summed E-state index contributed by atoms with van der Waals surface area (Å²) in [6, 6.07) is 0. The molecular weight excluding hydrogens is 281 g/mol. The zero-order chi connectivity index (χ0) is 5.41. The van der Waals surface area contributed by atoms with Crippen LogP contribution in [-0.4, -0.2) is 10.2 Å². The van der Waals surface area contributed by atoms with Crippen molar-refractivity contribution >= 4 is 0 Å². The molecular formula is C4H8HgO2.